The fourth-order valence-corrected chi connectivity index (χ4v) is 1.15. The summed E-state index contributed by atoms with van der Waals surface area (Å²) in [7, 11) is 0. The lowest BCUT2D eigenvalue weighted by molar-refractivity contribution is 0.0908. The second-order valence-electron chi connectivity index (χ2n) is 2.61. The maximum Gasteiger partial charge on any atom is 0.122 e. The molecule has 0 heterocycles. The van der Waals surface area contributed by atoms with Gasteiger partial charge in [0.15, 0.2) is 0 Å². The summed E-state index contributed by atoms with van der Waals surface area (Å²) in [6.07, 6.45) is 4.40. The minimum absolute atomic E-state index is 0.285. The molecule has 1 fully saturated rings. The summed E-state index contributed by atoms with van der Waals surface area (Å²) in [6, 6.07) is 0. The van der Waals surface area contributed by atoms with Crippen LogP contribution in [-0.2, 0) is 0 Å². The van der Waals surface area contributed by atoms with E-state index in [2.05, 4.69) is 0 Å². The lowest BCUT2D eigenvalue weighted by Crippen LogP contribution is -2.15. The zero-order chi connectivity index (χ0) is 6.69. The van der Waals surface area contributed by atoms with Gasteiger partial charge in [0.25, 0.3) is 0 Å². The third kappa shape index (κ3) is 1.95. The summed E-state index contributed by atoms with van der Waals surface area (Å²) in [5.41, 5.74) is 0. The average Bonchev–Trinajstić information content (AvgIpc) is 1.99. The van der Waals surface area contributed by atoms with Crippen LogP contribution in [0.4, 0.5) is 0 Å². The third-order valence-electron chi connectivity index (χ3n) is 1.80. The third-order valence-corrected chi connectivity index (χ3v) is 1.80. The molecule has 1 rings (SSSR count). The van der Waals surface area contributed by atoms with Crippen LogP contribution < -0.4 is 0 Å². The highest BCUT2D eigenvalue weighted by molar-refractivity contribution is 4.86. The van der Waals surface area contributed by atoms with E-state index in [1.807, 2.05) is 0 Å². The molecule has 9 heavy (non-hydrogen) atoms. The van der Waals surface area contributed by atoms with Crippen LogP contribution in [0, 0.1) is 6.10 Å². The Hall–Kier alpha value is -0.0800. The van der Waals surface area contributed by atoms with Crippen molar-refractivity contribution >= 4 is 0 Å². The Balaban J connectivity index is 2.32. The highest BCUT2D eigenvalue weighted by Gasteiger charge is 2.19. The molecule has 0 bridgehead atoms. The number of hydrogen-bond donors (Lipinski definition) is 2. The van der Waals surface area contributed by atoms with Gasteiger partial charge in [-0.2, -0.15) is 0 Å². The molecule has 2 N–H and O–H groups in total. The molecule has 1 unspecified atom stereocenters. The van der Waals surface area contributed by atoms with Gasteiger partial charge in [-0.1, -0.05) is 19.3 Å². The van der Waals surface area contributed by atoms with Crippen molar-refractivity contribution in [2.24, 2.45) is 0 Å². The maximum atomic E-state index is 9.07. The lowest BCUT2D eigenvalue weighted by Gasteiger charge is -2.10. The predicted molar refractivity (Wildman–Crippen MR) is 34.3 cm³/mol. The van der Waals surface area contributed by atoms with Crippen LogP contribution in [-0.4, -0.2) is 16.3 Å². The molecule has 0 aromatic carbocycles. The second-order valence-corrected chi connectivity index (χ2v) is 2.61. The summed E-state index contributed by atoms with van der Waals surface area (Å²) in [6.45, 7) is 0. The normalized spacial score (nSPS) is 32.0. The average molecular weight is 129 g/mol. The molecular formula is C7H13O2. The molecule has 0 saturated heterocycles. The molecule has 2 nitrogen and oxygen atoms in total. The van der Waals surface area contributed by atoms with Crippen molar-refractivity contribution in [3.05, 3.63) is 6.10 Å². The molecule has 0 amide bonds. The minimum Gasteiger partial charge on any atom is -0.390 e. The van der Waals surface area contributed by atoms with Crippen molar-refractivity contribution in [3.63, 3.8) is 0 Å². The van der Waals surface area contributed by atoms with Crippen LogP contribution >= 0.6 is 0 Å². The van der Waals surface area contributed by atoms with Crippen molar-refractivity contribution < 1.29 is 10.2 Å². The van der Waals surface area contributed by atoms with Crippen LogP contribution in [0.1, 0.15) is 32.1 Å². The summed E-state index contributed by atoms with van der Waals surface area (Å²) >= 11 is 0. The van der Waals surface area contributed by atoms with Gasteiger partial charge < -0.3 is 10.2 Å². The fraction of sp³-hybridized carbons (Fsp3) is 0.857. The van der Waals surface area contributed by atoms with Crippen LogP contribution in [0.5, 0.6) is 0 Å². The van der Waals surface area contributed by atoms with Gasteiger partial charge in [-0.25, -0.2) is 0 Å². The number of aliphatic hydroxyl groups excluding tert-OH is 2. The van der Waals surface area contributed by atoms with Gasteiger partial charge in [0.1, 0.15) is 6.10 Å². The number of aliphatic hydroxyl groups is 2. The first kappa shape index (κ1) is 7.03. The number of rotatable bonds is 0. The van der Waals surface area contributed by atoms with E-state index in [4.69, 9.17) is 10.2 Å². The molecule has 1 aliphatic rings. The molecule has 1 saturated carbocycles. The van der Waals surface area contributed by atoms with Gasteiger partial charge >= 0.3 is 0 Å². The van der Waals surface area contributed by atoms with Crippen molar-refractivity contribution in [1.29, 1.82) is 0 Å². The summed E-state index contributed by atoms with van der Waals surface area (Å²) in [4.78, 5) is 0. The topological polar surface area (TPSA) is 40.5 Å². The molecule has 1 radical (unpaired) electrons. The van der Waals surface area contributed by atoms with Crippen LogP contribution in [0.15, 0.2) is 0 Å². The Bertz CT molecular complexity index is 73.0. The predicted octanol–water partition coefficient (Wildman–Crippen LogP) is 1.22. The van der Waals surface area contributed by atoms with E-state index in [-0.39, 0.29) is 6.10 Å². The molecule has 1 atom stereocenters. The van der Waals surface area contributed by atoms with Gasteiger partial charge in [-0.3, -0.25) is 0 Å². The van der Waals surface area contributed by atoms with Crippen molar-refractivity contribution in [3.8, 4) is 0 Å². The van der Waals surface area contributed by atoms with E-state index >= 15 is 0 Å². The number of hydrogen-bond acceptors (Lipinski definition) is 2. The molecule has 53 valence electrons. The smallest absolute Gasteiger partial charge is 0.122 e. The van der Waals surface area contributed by atoms with E-state index in [9.17, 15) is 0 Å². The van der Waals surface area contributed by atoms with Crippen molar-refractivity contribution in [2.75, 3.05) is 0 Å². The van der Waals surface area contributed by atoms with E-state index in [0.29, 0.717) is 6.42 Å². The first-order valence-electron chi connectivity index (χ1n) is 3.53. The van der Waals surface area contributed by atoms with Crippen molar-refractivity contribution in [2.45, 2.75) is 38.2 Å². The highest BCUT2D eigenvalue weighted by Crippen LogP contribution is 2.22. The molecule has 2 heteroatoms. The maximum absolute atomic E-state index is 9.07. The Morgan fingerprint density at radius 3 is 2.78 bits per heavy atom. The zero-order valence-electron chi connectivity index (χ0n) is 5.51. The Labute approximate surface area is 55.5 Å². The Kier molecular flexibility index (Phi) is 2.49. The van der Waals surface area contributed by atoms with Crippen molar-refractivity contribution in [1.82, 2.24) is 0 Å². The van der Waals surface area contributed by atoms with Gasteiger partial charge in [0, 0.05) is 0 Å². The highest BCUT2D eigenvalue weighted by atomic mass is 16.3. The quantitative estimate of drug-likeness (QED) is 0.483. The molecule has 1 aliphatic carbocycles. The van der Waals surface area contributed by atoms with Gasteiger partial charge in [-0.15, -0.1) is 0 Å². The monoisotopic (exact) mass is 129 g/mol. The van der Waals surface area contributed by atoms with Gasteiger partial charge in [0.05, 0.1) is 6.10 Å². The van der Waals surface area contributed by atoms with Crippen LogP contribution in [0.3, 0.4) is 0 Å². The zero-order valence-corrected chi connectivity index (χ0v) is 5.51. The van der Waals surface area contributed by atoms with Gasteiger partial charge in [-0.05, 0) is 12.8 Å². The lowest BCUT2D eigenvalue weighted by atomic mass is 10.1. The molecule has 0 aromatic rings. The molecule has 0 spiro atoms. The Morgan fingerprint density at radius 1 is 1.22 bits per heavy atom. The first-order chi connectivity index (χ1) is 4.30. The Morgan fingerprint density at radius 2 is 2.00 bits per heavy atom. The van der Waals surface area contributed by atoms with E-state index in [1.165, 1.54) is 0 Å². The summed E-state index contributed by atoms with van der Waals surface area (Å²) in [5, 5.41) is 18.1. The largest absolute Gasteiger partial charge is 0.390 e. The summed E-state index contributed by atoms with van der Waals surface area (Å²) < 4.78 is 0. The molecule has 0 aromatic heterocycles. The minimum atomic E-state index is -0.535. The van der Waals surface area contributed by atoms with E-state index in [1.54, 1.807) is 0 Å². The SMILES string of the molecule is O[C]1CCCCCC1O. The standard InChI is InChI=1S/C7H13O2/c8-6-4-2-1-3-5-7(6)9/h6,8-9H,1-5H2. The molecule has 0 aliphatic heterocycles. The molecular weight excluding hydrogens is 116 g/mol. The van der Waals surface area contributed by atoms with Gasteiger partial charge in [0.2, 0.25) is 0 Å². The first-order valence-corrected chi connectivity index (χ1v) is 3.53. The second kappa shape index (κ2) is 3.18. The van der Waals surface area contributed by atoms with E-state index < -0.39 is 6.10 Å². The summed E-state index contributed by atoms with van der Waals surface area (Å²) in [5.74, 6) is 0. The fourth-order valence-electron chi connectivity index (χ4n) is 1.15. The van der Waals surface area contributed by atoms with Crippen LogP contribution in [0.2, 0.25) is 0 Å². The van der Waals surface area contributed by atoms with Crippen LogP contribution in [0.25, 0.3) is 0 Å². The van der Waals surface area contributed by atoms with E-state index in [0.717, 1.165) is 25.7 Å².